The van der Waals surface area contributed by atoms with Gasteiger partial charge in [0.1, 0.15) is 30.5 Å². The van der Waals surface area contributed by atoms with Crippen LogP contribution in [0.2, 0.25) is 0 Å². The highest BCUT2D eigenvalue weighted by Crippen LogP contribution is 2.30. The zero-order chi connectivity index (χ0) is 15.0. The summed E-state index contributed by atoms with van der Waals surface area (Å²) >= 11 is 0. The molecule has 2 aromatic rings. The molecule has 4 atom stereocenters. The Hall–Kier alpha value is -2.07. The van der Waals surface area contributed by atoms with Gasteiger partial charge < -0.3 is 30.4 Å². The van der Waals surface area contributed by atoms with E-state index in [0.717, 1.165) is 0 Å². The van der Waals surface area contributed by atoms with Gasteiger partial charge >= 0.3 is 0 Å². The van der Waals surface area contributed by atoms with Crippen LogP contribution in [-0.2, 0) is 4.74 Å². The molecule has 21 heavy (non-hydrogen) atoms. The van der Waals surface area contributed by atoms with Gasteiger partial charge in [0, 0.05) is 12.4 Å². The van der Waals surface area contributed by atoms with Gasteiger partial charge in [-0.3, -0.25) is 0 Å². The molecule has 1 saturated heterocycles. The first-order valence-corrected chi connectivity index (χ1v) is 6.33. The number of aromatic nitrogens is 4. The van der Waals surface area contributed by atoms with Crippen molar-refractivity contribution in [3.63, 3.8) is 0 Å². The van der Waals surface area contributed by atoms with Crippen molar-refractivity contribution in [1.29, 1.82) is 0 Å². The Morgan fingerprint density at radius 3 is 2.76 bits per heavy atom. The molecule has 0 unspecified atom stereocenters. The van der Waals surface area contributed by atoms with Crippen molar-refractivity contribution in [2.75, 3.05) is 12.3 Å². The molecule has 0 radical (unpaired) electrons. The van der Waals surface area contributed by atoms with Gasteiger partial charge in [0.2, 0.25) is 0 Å². The maximum Gasteiger partial charge on any atom is 0.164 e. The summed E-state index contributed by atoms with van der Waals surface area (Å²) in [4.78, 5) is 11.9. The summed E-state index contributed by atoms with van der Waals surface area (Å²) in [6.07, 6.45) is 1.95. The van der Waals surface area contributed by atoms with Crippen molar-refractivity contribution in [3.05, 3.63) is 25.0 Å². The average Bonchev–Trinajstić information content (AvgIpc) is 3.06. The normalized spacial score (nSPS) is 28.9. The summed E-state index contributed by atoms with van der Waals surface area (Å²) in [7, 11) is 0. The van der Waals surface area contributed by atoms with E-state index in [-0.39, 0.29) is 12.4 Å². The Morgan fingerprint density at radius 1 is 1.29 bits per heavy atom. The largest absolute Gasteiger partial charge is 0.394 e. The lowest BCUT2D eigenvalue weighted by Gasteiger charge is -2.15. The molecule has 112 valence electrons. The quantitative estimate of drug-likeness (QED) is 0.538. The monoisotopic (exact) mass is 293 g/mol. The van der Waals surface area contributed by atoms with Gasteiger partial charge in [-0.15, -0.1) is 0 Å². The number of nitrogens with zero attached hydrogens (tertiary/aromatic N) is 4. The Labute approximate surface area is 119 Å². The molecule has 0 amide bonds. The molecule has 3 rings (SSSR count). The number of aliphatic hydroxyl groups excluding tert-OH is 3. The highest BCUT2D eigenvalue weighted by Gasteiger charge is 2.43. The summed E-state index contributed by atoms with van der Waals surface area (Å²) in [5, 5.41) is 28.8. The summed E-state index contributed by atoms with van der Waals surface area (Å²) in [5.74, 6) is 0.288. The minimum absolute atomic E-state index is 0.288. The van der Waals surface area contributed by atoms with Crippen LogP contribution in [0.15, 0.2) is 25.0 Å². The van der Waals surface area contributed by atoms with Crippen LogP contribution in [0.1, 0.15) is 6.23 Å². The maximum absolute atomic E-state index is 9.96. The highest BCUT2D eigenvalue weighted by atomic mass is 16.6. The number of hydrogen-bond acceptors (Lipinski definition) is 8. The molecule has 2 aromatic heterocycles. The number of ether oxygens (including phenoxy) is 1. The second-order valence-electron chi connectivity index (χ2n) is 4.76. The summed E-state index contributed by atoms with van der Waals surface area (Å²) < 4.78 is 6.92. The lowest BCUT2D eigenvalue weighted by atomic mass is 10.1. The van der Waals surface area contributed by atoms with Crippen molar-refractivity contribution in [3.8, 4) is 11.3 Å². The predicted molar refractivity (Wildman–Crippen MR) is 70.7 cm³/mol. The molecule has 1 aliphatic rings. The van der Waals surface area contributed by atoms with Crippen LogP contribution in [-0.4, -0.2) is 59.8 Å². The number of imidazole rings is 1. The maximum atomic E-state index is 9.96. The fraction of sp³-hybridized carbons (Fsp3) is 0.417. The van der Waals surface area contributed by atoms with E-state index in [4.69, 9.17) is 15.6 Å². The number of rotatable bonds is 3. The minimum Gasteiger partial charge on any atom is -0.394 e. The van der Waals surface area contributed by atoms with E-state index in [1.807, 2.05) is 0 Å². The molecule has 0 spiro atoms. The summed E-state index contributed by atoms with van der Waals surface area (Å²) in [6, 6.07) is 0. The smallest absolute Gasteiger partial charge is 0.164 e. The molecule has 5 N–H and O–H groups in total. The lowest BCUT2D eigenvalue weighted by molar-refractivity contribution is -0.0527. The second kappa shape index (κ2) is 5.37. The van der Waals surface area contributed by atoms with Crippen molar-refractivity contribution in [2.45, 2.75) is 24.5 Å². The molecule has 3 heterocycles. The third-order valence-corrected chi connectivity index (χ3v) is 3.43. The zero-order valence-corrected chi connectivity index (χ0v) is 10.9. The van der Waals surface area contributed by atoms with Gasteiger partial charge in [-0.2, -0.15) is 0 Å². The Balaban J connectivity index is 1.88. The molecule has 1 aliphatic heterocycles. The first-order chi connectivity index (χ1) is 10.1. The van der Waals surface area contributed by atoms with Crippen LogP contribution in [0.25, 0.3) is 11.3 Å². The average molecular weight is 293 g/mol. The lowest BCUT2D eigenvalue weighted by Crippen LogP contribution is -2.33. The second-order valence-corrected chi connectivity index (χ2v) is 4.76. The van der Waals surface area contributed by atoms with E-state index >= 15 is 0 Å². The molecule has 9 nitrogen and oxygen atoms in total. The van der Waals surface area contributed by atoms with E-state index in [0.29, 0.717) is 11.3 Å². The topological polar surface area (TPSA) is 140 Å². The first-order valence-electron chi connectivity index (χ1n) is 6.33. The molecular formula is C12H15N5O4. The van der Waals surface area contributed by atoms with Gasteiger partial charge in [-0.1, -0.05) is 0 Å². The molecule has 0 saturated carbocycles. The van der Waals surface area contributed by atoms with Crippen molar-refractivity contribution in [2.24, 2.45) is 0 Å². The molecule has 1 fully saturated rings. The van der Waals surface area contributed by atoms with Crippen LogP contribution in [0.4, 0.5) is 5.82 Å². The van der Waals surface area contributed by atoms with Crippen molar-refractivity contribution in [1.82, 2.24) is 19.5 Å². The van der Waals surface area contributed by atoms with Crippen molar-refractivity contribution < 1.29 is 20.1 Å². The van der Waals surface area contributed by atoms with E-state index in [9.17, 15) is 10.2 Å². The minimum atomic E-state index is -1.16. The Kier molecular flexibility index (Phi) is 3.55. The van der Waals surface area contributed by atoms with E-state index < -0.39 is 24.5 Å². The SMILES string of the molecule is Nc1ncncc1-c1cn([C@@H]2O[C@H](CO)[C@@H](O)[C@H]2O)cn1. The van der Waals surface area contributed by atoms with Gasteiger partial charge in [-0.05, 0) is 0 Å². The van der Waals surface area contributed by atoms with E-state index in [1.165, 1.54) is 23.4 Å². The molecular weight excluding hydrogens is 278 g/mol. The van der Waals surface area contributed by atoms with Crippen LogP contribution >= 0.6 is 0 Å². The third-order valence-electron chi connectivity index (χ3n) is 3.43. The molecule has 0 bridgehead atoms. The van der Waals surface area contributed by atoms with Crippen LogP contribution in [0, 0.1) is 0 Å². The fourth-order valence-corrected chi connectivity index (χ4v) is 2.28. The highest BCUT2D eigenvalue weighted by molar-refractivity contribution is 5.68. The predicted octanol–water partition coefficient (Wildman–Crippen LogP) is -1.47. The third kappa shape index (κ3) is 2.36. The zero-order valence-electron chi connectivity index (χ0n) is 10.9. The van der Waals surface area contributed by atoms with Gasteiger partial charge in [0.25, 0.3) is 0 Å². The van der Waals surface area contributed by atoms with Crippen LogP contribution in [0.5, 0.6) is 0 Å². The number of anilines is 1. The number of hydrogen-bond donors (Lipinski definition) is 4. The number of nitrogens with two attached hydrogens (primary N) is 1. The molecule has 9 heteroatoms. The van der Waals surface area contributed by atoms with Gasteiger partial charge in [0.05, 0.1) is 24.2 Å². The number of nitrogen functional groups attached to an aromatic ring is 1. The van der Waals surface area contributed by atoms with Crippen LogP contribution < -0.4 is 5.73 Å². The fourth-order valence-electron chi connectivity index (χ4n) is 2.28. The van der Waals surface area contributed by atoms with Gasteiger partial charge in [-0.25, -0.2) is 15.0 Å². The van der Waals surface area contributed by atoms with Crippen LogP contribution in [0.3, 0.4) is 0 Å². The summed E-state index contributed by atoms with van der Waals surface area (Å²) in [5.41, 5.74) is 6.83. The first kappa shape index (κ1) is 13.9. The Morgan fingerprint density at radius 2 is 2.10 bits per heavy atom. The summed E-state index contributed by atoms with van der Waals surface area (Å²) in [6.45, 7) is -0.379. The van der Waals surface area contributed by atoms with Gasteiger partial charge in [0.15, 0.2) is 6.23 Å². The Bertz CT molecular complexity index is 634. The van der Waals surface area contributed by atoms with Crippen molar-refractivity contribution >= 4 is 5.82 Å². The van der Waals surface area contributed by atoms with E-state index in [2.05, 4.69) is 15.0 Å². The number of aliphatic hydroxyl groups is 3. The molecule has 0 aromatic carbocycles. The van der Waals surface area contributed by atoms with E-state index in [1.54, 1.807) is 6.20 Å². The molecule has 0 aliphatic carbocycles. The standard InChI is InChI=1S/C12H15N5O4/c13-11-6(1-14-4-15-11)7-2-17(5-16-7)12-10(20)9(19)8(3-18)21-12/h1-2,4-5,8-10,12,18-20H,3H2,(H2,13,14,15)/t8-,9-,10-,12-/m1/s1.